The monoisotopic (exact) mass is 429 g/mol. The van der Waals surface area contributed by atoms with Crippen molar-refractivity contribution in [2.75, 3.05) is 0 Å². The molecular formula is C24H23N5O3. The number of carbonyl (C=O) groups excluding carboxylic acids is 1. The molecule has 2 atom stereocenters. The Morgan fingerprint density at radius 2 is 1.91 bits per heavy atom. The molecule has 0 spiro atoms. The standard InChI is InChI=1S/C24H23N5O3/c1-3-19(15(2)16-10-12-17(13-11-16)29(31)32)27-24(30)18-7-6-9-20-22(18)28-23(26-20)21-8-4-5-14-25-21/h4-15,19H,3H2,1-2H3,(H,26,28)(H,27,30). The van der Waals surface area contributed by atoms with Gasteiger partial charge in [-0.3, -0.25) is 19.9 Å². The van der Waals surface area contributed by atoms with Crippen LogP contribution in [0.1, 0.15) is 42.1 Å². The maximum absolute atomic E-state index is 13.2. The molecule has 2 N–H and O–H groups in total. The highest BCUT2D eigenvalue weighted by Gasteiger charge is 2.22. The molecule has 8 nitrogen and oxygen atoms in total. The van der Waals surface area contributed by atoms with Crippen LogP contribution < -0.4 is 5.32 Å². The van der Waals surface area contributed by atoms with Crippen LogP contribution >= 0.6 is 0 Å². The van der Waals surface area contributed by atoms with Crippen molar-refractivity contribution in [3.8, 4) is 11.5 Å². The maximum Gasteiger partial charge on any atom is 0.269 e. The zero-order chi connectivity index (χ0) is 22.7. The third-order valence-electron chi connectivity index (χ3n) is 5.65. The van der Waals surface area contributed by atoms with Crippen LogP contribution in [0.5, 0.6) is 0 Å². The van der Waals surface area contributed by atoms with E-state index >= 15 is 0 Å². The van der Waals surface area contributed by atoms with E-state index in [1.165, 1.54) is 12.1 Å². The number of nitrogens with zero attached hydrogens (tertiary/aromatic N) is 3. The van der Waals surface area contributed by atoms with E-state index in [2.05, 4.69) is 20.3 Å². The van der Waals surface area contributed by atoms with Gasteiger partial charge in [0.25, 0.3) is 11.6 Å². The van der Waals surface area contributed by atoms with Crippen molar-refractivity contribution in [1.29, 1.82) is 0 Å². The predicted molar refractivity (Wildman–Crippen MR) is 122 cm³/mol. The van der Waals surface area contributed by atoms with Crippen LogP contribution in [0.15, 0.2) is 66.9 Å². The van der Waals surface area contributed by atoms with Crippen molar-refractivity contribution in [3.63, 3.8) is 0 Å². The summed E-state index contributed by atoms with van der Waals surface area (Å²) in [6.07, 6.45) is 2.40. The lowest BCUT2D eigenvalue weighted by Gasteiger charge is -2.24. The van der Waals surface area contributed by atoms with Crippen molar-refractivity contribution in [3.05, 3.63) is 88.1 Å². The number of H-pyrrole nitrogens is 1. The maximum atomic E-state index is 13.2. The molecule has 8 heteroatoms. The second kappa shape index (κ2) is 8.97. The molecule has 0 aliphatic rings. The highest BCUT2D eigenvalue weighted by Crippen LogP contribution is 2.25. The van der Waals surface area contributed by atoms with Crippen LogP contribution in [0.4, 0.5) is 5.69 Å². The Morgan fingerprint density at radius 1 is 1.12 bits per heavy atom. The number of nitro benzene ring substituents is 1. The zero-order valence-electron chi connectivity index (χ0n) is 17.8. The number of non-ortho nitro benzene ring substituents is 1. The van der Waals surface area contributed by atoms with Gasteiger partial charge in [0.05, 0.1) is 16.0 Å². The molecule has 2 unspecified atom stereocenters. The first-order chi connectivity index (χ1) is 15.5. The number of amides is 1. The van der Waals surface area contributed by atoms with E-state index < -0.39 is 4.92 Å². The summed E-state index contributed by atoms with van der Waals surface area (Å²) in [6, 6.07) is 17.3. The van der Waals surface area contributed by atoms with Gasteiger partial charge in [-0.15, -0.1) is 0 Å². The summed E-state index contributed by atoms with van der Waals surface area (Å²) in [6.45, 7) is 4.01. The van der Waals surface area contributed by atoms with E-state index in [1.807, 2.05) is 44.2 Å². The summed E-state index contributed by atoms with van der Waals surface area (Å²) < 4.78 is 0. The highest BCUT2D eigenvalue weighted by atomic mass is 16.6. The number of hydrogen-bond donors (Lipinski definition) is 2. The second-order valence-electron chi connectivity index (χ2n) is 7.63. The quantitative estimate of drug-likeness (QED) is 0.322. The molecule has 1 amide bonds. The fourth-order valence-electron chi connectivity index (χ4n) is 3.80. The summed E-state index contributed by atoms with van der Waals surface area (Å²) >= 11 is 0. The van der Waals surface area contributed by atoms with Gasteiger partial charge in [0.1, 0.15) is 11.2 Å². The molecule has 2 aromatic heterocycles. The van der Waals surface area contributed by atoms with E-state index in [0.29, 0.717) is 29.0 Å². The minimum absolute atomic E-state index is 0.0211. The van der Waals surface area contributed by atoms with Gasteiger partial charge in [-0.25, -0.2) is 4.98 Å². The molecule has 4 rings (SSSR count). The topological polar surface area (TPSA) is 114 Å². The van der Waals surface area contributed by atoms with Gasteiger partial charge in [-0.2, -0.15) is 0 Å². The lowest BCUT2D eigenvalue weighted by atomic mass is 9.91. The molecule has 4 aromatic rings. The Labute approximate surface area is 184 Å². The van der Waals surface area contributed by atoms with Gasteiger partial charge >= 0.3 is 0 Å². The number of pyridine rings is 1. The summed E-state index contributed by atoms with van der Waals surface area (Å²) in [5.41, 5.74) is 3.51. The molecule has 0 bridgehead atoms. The number of nitrogens with one attached hydrogen (secondary N) is 2. The first-order valence-corrected chi connectivity index (χ1v) is 10.4. The number of fused-ring (bicyclic) bond motifs is 1. The first kappa shape index (κ1) is 21.2. The molecule has 0 fully saturated rings. The van der Waals surface area contributed by atoms with E-state index in [1.54, 1.807) is 24.4 Å². The van der Waals surface area contributed by atoms with Gasteiger partial charge in [-0.05, 0) is 36.2 Å². The highest BCUT2D eigenvalue weighted by molar-refractivity contribution is 6.05. The SMILES string of the molecule is CCC(NC(=O)c1cccc2[nH]c(-c3ccccn3)nc12)C(C)c1ccc([N+](=O)[O-])cc1. The molecule has 2 heterocycles. The van der Waals surface area contributed by atoms with E-state index in [0.717, 1.165) is 11.1 Å². The molecule has 2 aromatic carbocycles. The molecule has 0 saturated carbocycles. The number of nitro groups is 1. The van der Waals surface area contributed by atoms with E-state index in [9.17, 15) is 14.9 Å². The molecule has 162 valence electrons. The van der Waals surface area contributed by atoms with Crippen molar-refractivity contribution < 1.29 is 9.72 Å². The average Bonchev–Trinajstić information content (AvgIpc) is 3.27. The Hall–Kier alpha value is -4.07. The largest absolute Gasteiger partial charge is 0.349 e. The van der Waals surface area contributed by atoms with Crippen LogP contribution in [0.3, 0.4) is 0 Å². The minimum Gasteiger partial charge on any atom is -0.349 e. The van der Waals surface area contributed by atoms with Crippen LogP contribution in [0.25, 0.3) is 22.6 Å². The Bertz CT molecular complexity index is 1250. The smallest absolute Gasteiger partial charge is 0.269 e. The molecule has 32 heavy (non-hydrogen) atoms. The third-order valence-corrected chi connectivity index (χ3v) is 5.65. The molecule has 0 aliphatic carbocycles. The summed E-state index contributed by atoms with van der Waals surface area (Å²) in [5.74, 6) is 0.370. The summed E-state index contributed by atoms with van der Waals surface area (Å²) in [5, 5.41) is 14.0. The van der Waals surface area contributed by atoms with Gasteiger partial charge in [-0.1, -0.05) is 38.1 Å². The Balaban J connectivity index is 1.58. The minimum atomic E-state index is -0.419. The molecule has 0 saturated heterocycles. The van der Waals surface area contributed by atoms with Crippen LogP contribution in [-0.2, 0) is 0 Å². The fraction of sp³-hybridized carbons (Fsp3) is 0.208. The predicted octanol–water partition coefficient (Wildman–Crippen LogP) is 4.85. The summed E-state index contributed by atoms with van der Waals surface area (Å²) in [4.78, 5) is 35.8. The fourth-order valence-corrected chi connectivity index (χ4v) is 3.80. The van der Waals surface area contributed by atoms with Gasteiger partial charge in [0.15, 0.2) is 5.82 Å². The van der Waals surface area contributed by atoms with E-state index in [-0.39, 0.29) is 23.6 Å². The molecule has 0 aliphatic heterocycles. The number of carbonyl (C=O) groups is 1. The number of benzene rings is 2. The van der Waals surface area contributed by atoms with Crippen LogP contribution in [-0.4, -0.2) is 31.8 Å². The van der Waals surface area contributed by atoms with Crippen molar-refractivity contribution in [2.45, 2.75) is 32.2 Å². The first-order valence-electron chi connectivity index (χ1n) is 10.4. The average molecular weight is 429 g/mol. The Morgan fingerprint density at radius 3 is 2.56 bits per heavy atom. The lowest BCUT2D eigenvalue weighted by molar-refractivity contribution is -0.384. The number of para-hydroxylation sites is 1. The Kier molecular flexibility index (Phi) is 5.93. The number of aromatic amines is 1. The lowest BCUT2D eigenvalue weighted by Crippen LogP contribution is -2.38. The normalized spacial score (nSPS) is 12.9. The van der Waals surface area contributed by atoms with Gasteiger partial charge in [0.2, 0.25) is 0 Å². The molecular weight excluding hydrogens is 406 g/mol. The summed E-state index contributed by atoms with van der Waals surface area (Å²) in [7, 11) is 0. The number of hydrogen-bond acceptors (Lipinski definition) is 5. The second-order valence-corrected chi connectivity index (χ2v) is 7.63. The van der Waals surface area contributed by atoms with E-state index in [4.69, 9.17) is 0 Å². The van der Waals surface area contributed by atoms with Crippen molar-refractivity contribution in [2.24, 2.45) is 0 Å². The third kappa shape index (κ3) is 4.20. The molecule has 0 radical (unpaired) electrons. The van der Waals surface area contributed by atoms with Crippen molar-refractivity contribution in [1.82, 2.24) is 20.3 Å². The van der Waals surface area contributed by atoms with Crippen molar-refractivity contribution >= 4 is 22.6 Å². The zero-order valence-corrected chi connectivity index (χ0v) is 17.8. The van der Waals surface area contributed by atoms with Gasteiger partial charge in [0, 0.05) is 30.3 Å². The van der Waals surface area contributed by atoms with Crippen LogP contribution in [0.2, 0.25) is 0 Å². The van der Waals surface area contributed by atoms with Gasteiger partial charge < -0.3 is 10.3 Å². The number of imidazole rings is 1. The van der Waals surface area contributed by atoms with Crippen LogP contribution in [0, 0.1) is 10.1 Å². The number of rotatable bonds is 7. The number of aromatic nitrogens is 3.